The van der Waals surface area contributed by atoms with E-state index < -0.39 is 11.9 Å². The lowest BCUT2D eigenvalue weighted by molar-refractivity contribution is 0.0436. The quantitative estimate of drug-likeness (QED) is 0.0985. The van der Waals surface area contributed by atoms with Crippen LogP contribution in [-0.2, 0) is 9.47 Å². The molecular weight excluding hydrogens is 472 g/mol. The fraction of sp³-hybridized carbons (Fsp3) is 0.765. The van der Waals surface area contributed by atoms with Crippen molar-refractivity contribution in [1.82, 2.24) is 0 Å². The van der Waals surface area contributed by atoms with Crippen LogP contribution >= 0.6 is 0 Å². The molecule has 4 nitrogen and oxygen atoms in total. The minimum atomic E-state index is -0.437. The van der Waals surface area contributed by atoms with Crippen molar-refractivity contribution < 1.29 is 19.1 Å². The van der Waals surface area contributed by atoms with Crippen molar-refractivity contribution in [2.24, 2.45) is 11.8 Å². The third-order valence-corrected chi connectivity index (χ3v) is 7.66. The van der Waals surface area contributed by atoms with Gasteiger partial charge in [-0.05, 0) is 36.8 Å². The van der Waals surface area contributed by atoms with E-state index in [0.29, 0.717) is 36.2 Å². The summed E-state index contributed by atoms with van der Waals surface area (Å²) in [7, 11) is 0. The van der Waals surface area contributed by atoms with E-state index in [-0.39, 0.29) is 0 Å². The molecule has 0 radical (unpaired) electrons. The van der Waals surface area contributed by atoms with Crippen molar-refractivity contribution in [2.45, 2.75) is 143 Å². The van der Waals surface area contributed by atoms with Gasteiger partial charge in [0.15, 0.2) is 0 Å². The van der Waals surface area contributed by atoms with Crippen LogP contribution in [0, 0.1) is 11.8 Å². The molecule has 0 aliphatic heterocycles. The van der Waals surface area contributed by atoms with Crippen LogP contribution < -0.4 is 0 Å². The second kappa shape index (κ2) is 23.1. The minimum absolute atomic E-state index is 0.299. The standard InChI is InChI=1S/C34H58O4/c1-5-7-9-11-13-15-17-21-29(3)25-27-37-33(35)31-23-19-20-24-32(31)34(36)38-28-26-30(4)22-18-16-14-12-10-8-6-2/h19-20,23-24,29-30H,5-18,21-22,25-28H2,1-4H3. The van der Waals surface area contributed by atoms with Gasteiger partial charge in [-0.15, -0.1) is 0 Å². The van der Waals surface area contributed by atoms with E-state index in [1.807, 2.05) is 0 Å². The summed E-state index contributed by atoms with van der Waals surface area (Å²) < 4.78 is 11.1. The highest BCUT2D eigenvalue weighted by molar-refractivity contribution is 6.03. The Hall–Kier alpha value is -1.84. The summed E-state index contributed by atoms with van der Waals surface area (Å²) in [5.41, 5.74) is 0.599. The van der Waals surface area contributed by atoms with Crippen molar-refractivity contribution in [3.8, 4) is 0 Å². The molecule has 0 aliphatic rings. The molecule has 1 aromatic rings. The van der Waals surface area contributed by atoms with E-state index in [1.165, 1.54) is 103 Å². The van der Waals surface area contributed by atoms with Gasteiger partial charge < -0.3 is 9.47 Å². The lowest BCUT2D eigenvalue weighted by atomic mass is 9.99. The van der Waals surface area contributed by atoms with Gasteiger partial charge in [-0.25, -0.2) is 9.59 Å². The summed E-state index contributed by atoms with van der Waals surface area (Å²) in [6.45, 7) is 9.72. The van der Waals surface area contributed by atoms with Gasteiger partial charge in [0.2, 0.25) is 0 Å². The van der Waals surface area contributed by atoms with Crippen LogP contribution in [0.3, 0.4) is 0 Å². The lowest BCUT2D eigenvalue weighted by Gasteiger charge is -2.14. The van der Waals surface area contributed by atoms with Crippen LogP contribution in [0.25, 0.3) is 0 Å². The molecule has 0 spiro atoms. The number of hydrogen-bond acceptors (Lipinski definition) is 4. The number of carbonyl (C=O) groups is 2. The third-order valence-electron chi connectivity index (χ3n) is 7.66. The summed E-state index contributed by atoms with van der Waals surface area (Å²) in [6.07, 6.45) is 22.5. The molecule has 0 amide bonds. The van der Waals surface area contributed by atoms with Crippen molar-refractivity contribution in [3.05, 3.63) is 35.4 Å². The maximum Gasteiger partial charge on any atom is 0.339 e. The highest BCUT2D eigenvalue weighted by Gasteiger charge is 2.19. The van der Waals surface area contributed by atoms with E-state index in [2.05, 4.69) is 27.7 Å². The number of hydrogen-bond donors (Lipinski definition) is 0. The van der Waals surface area contributed by atoms with Gasteiger partial charge in [-0.2, -0.15) is 0 Å². The molecule has 38 heavy (non-hydrogen) atoms. The van der Waals surface area contributed by atoms with Crippen LogP contribution in [0.5, 0.6) is 0 Å². The average molecular weight is 531 g/mol. The molecule has 0 aromatic heterocycles. The van der Waals surface area contributed by atoms with E-state index in [9.17, 15) is 9.59 Å². The Morgan fingerprint density at radius 1 is 0.553 bits per heavy atom. The molecule has 218 valence electrons. The van der Waals surface area contributed by atoms with E-state index in [0.717, 1.165) is 12.8 Å². The zero-order valence-electron chi connectivity index (χ0n) is 25.2. The zero-order valence-corrected chi connectivity index (χ0v) is 25.2. The number of esters is 2. The monoisotopic (exact) mass is 530 g/mol. The summed E-state index contributed by atoms with van der Waals surface area (Å²) in [4.78, 5) is 25.4. The largest absolute Gasteiger partial charge is 0.462 e. The van der Waals surface area contributed by atoms with Gasteiger partial charge in [-0.1, -0.05) is 143 Å². The molecule has 0 saturated carbocycles. The molecule has 0 fully saturated rings. The molecule has 0 saturated heterocycles. The number of rotatable bonds is 24. The van der Waals surface area contributed by atoms with Gasteiger partial charge in [0.25, 0.3) is 0 Å². The first-order valence-electron chi connectivity index (χ1n) is 15.9. The molecule has 0 bridgehead atoms. The minimum Gasteiger partial charge on any atom is -0.462 e. The summed E-state index contributed by atoms with van der Waals surface area (Å²) in [5, 5.41) is 0. The van der Waals surface area contributed by atoms with E-state index in [4.69, 9.17) is 9.47 Å². The summed E-state index contributed by atoms with van der Waals surface area (Å²) >= 11 is 0. The Kier molecular flexibility index (Phi) is 20.8. The molecule has 1 rings (SSSR count). The van der Waals surface area contributed by atoms with Gasteiger partial charge in [0.1, 0.15) is 0 Å². The fourth-order valence-electron chi connectivity index (χ4n) is 4.89. The van der Waals surface area contributed by atoms with Crippen LogP contribution in [0.1, 0.15) is 164 Å². The second-order valence-corrected chi connectivity index (χ2v) is 11.4. The van der Waals surface area contributed by atoms with Crippen LogP contribution in [0.4, 0.5) is 0 Å². The average Bonchev–Trinajstić information content (AvgIpc) is 2.92. The number of carbonyl (C=O) groups excluding carboxylic acids is 2. The maximum absolute atomic E-state index is 12.7. The first kappa shape index (κ1) is 34.2. The maximum atomic E-state index is 12.7. The molecule has 0 heterocycles. The zero-order chi connectivity index (χ0) is 27.8. The Morgan fingerprint density at radius 2 is 0.895 bits per heavy atom. The number of ether oxygens (including phenoxy) is 2. The highest BCUT2D eigenvalue weighted by Crippen LogP contribution is 2.18. The smallest absolute Gasteiger partial charge is 0.339 e. The Balaban J connectivity index is 2.28. The first-order valence-corrected chi connectivity index (χ1v) is 15.9. The highest BCUT2D eigenvalue weighted by atomic mass is 16.5. The van der Waals surface area contributed by atoms with Gasteiger partial charge in [-0.3, -0.25) is 0 Å². The Labute approximate surface area is 234 Å². The predicted molar refractivity (Wildman–Crippen MR) is 160 cm³/mol. The van der Waals surface area contributed by atoms with E-state index in [1.54, 1.807) is 24.3 Å². The van der Waals surface area contributed by atoms with Crippen molar-refractivity contribution in [3.63, 3.8) is 0 Å². The van der Waals surface area contributed by atoms with Gasteiger partial charge in [0.05, 0.1) is 24.3 Å². The lowest BCUT2D eigenvalue weighted by Crippen LogP contribution is -2.16. The molecule has 2 unspecified atom stereocenters. The van der Waals surface area contributed by atoms with E-state index >= 15 is 0 Å². The predicted octanol–water partition coefficient (Wildman–Crippen LogP) is 10.3. The van der Waals surface area contributed by atoms with Gasteiger partial charge >= 0.3 is 11.9 Å². The summed E-state index contributed by atoms with van der Waals surface area (Å²) in [5.74, 6) is 0.185. The molecular formula is C34H58O4. The molecule has 1 aromatic carbocycles. The number of unbranched alkanes of at least 4 members (excludes halogenated alkanes) is 12. The fourth-order valence-corrected chi connectivity index (χ4v) is 4.89. The van der Waals surface area contributed by atoms with Crippen LogP contribution in [0.2, 0.25) is 0 Å². The normalized spacial score (nSPS) is 12.7. The number of benzene rings is 1. The van der Waals surface area contributed by atoms with Crippen LogP contribution in [-0.4, -0.2) is 25.2 Å². The van der Waals surface area contributed by atoms with Gasteiger partial charge in [0, 0.05) is 0 Å². The molecule has 0 aliphatic carbocycles. The third kappa shape index (κ3) is 16.9. The topological polar surface area (TPSA) is 52.6 Å². The Bertz CT molecular complexity index is 668. The second-order valence-electron chi connectivity index (χ2n) is 11.4. The first-order chi connectivity index (χ1) is 18.5. The Morgan fingerprint density at radius 3 is 1.26 bits per heavy atom. The summed E-state index contributed by atoms with van der Waals surface area (Å²) in [6, 6.07) is 6.84. The van der Waals surface area contributed by atoms with Crippen molar-refractivity contribution in [1.29, 1.82) is 0 Å². The van der Waals surface area contributed by atoms with Crippen molar-refractivity contribution >= 4 is 11.9 Å². The van der Waals surface area contributed by atoms with Crippen molar-refractivity contribution in [2.75, 3.05) is 13.2 Å². The molecule has 0 N–H and O–H groups in total. The SMILES string of the molecule is CCCCCCCCCC(C)CCOC(=O)c1ccccc1C(=O)OCCC(C)CCCCCCCCC. The molecule has 2 atom stereocenters. The van der Waals surface area contributed by atoms with Crippen LogP contribution in [0.15, 0.2) is 24.3 Å². The molecule has 4 heteroatoms.